The van der Waals surface area contributed by atoms with Crippen LogP contribution in [0.3, 0.4) is 0 Å². The molecule has 18 heavy (non-hydrogen) atoms. The summed E-state index contributed by atoms with van der Waals surface area (Å²) in [6.07, 6.45) is 0. The number of benzene rings is 1. The number of halogens is 1. The summed E-state index contributed by atoms with van der Waals surface area (Å²) in [6.45, 7) is 2.22. The van der Waals surface area contributed by atoms with E-state index < -0.39 is 10.0 Å². The Morgan fingerprint density at radius 3 is 2.72 bits per heavy atom. The largest absolute Gasteiger partial charge is 0.383 e. The minimum Gasteiger partial charge on any atom is -0.383 e. The van der Waals surface area contributed by atoms with E-state index in [-0.39, 0.29) is 4.90 Å². The van der Waals surface area contributed by atoms with Crippen LogP contribution in [-0.4, -0.2) is 41.8 Å². The molecule has 0 spiro atoms. The van der Waals surface area contributed by atoms with Gasteiger partial charge in [0, 0.05) is 31.2 Å². The topological polar surface area (TPSA) is 67.4 Å². The summed E-state index contributed by atoms with van der Waals surface area (Å²) >= 11 is 3.25. The number of methoxy groups -OCH3 is 1. The number of hydrogen-bond acceptors (Lipinski definition) is 4. The molecule has 0 saturated heterocycles. The van der Waals surface area contributed by atoms with Crippen molar-refractivity contribution in [1.29, 1.82) is 0 Å². The minimum absolute atomic E-state index is 0.258. The second-order valence-corrected chi connectivity index (χ2v) is 6.28. The predicted molar refractivity (Wildman–Crippen MR) is 74.1 cm³/mol. The highest BCUT2D eigenvalue weighted by Crippen LogP contribution is 2.15. The van der Waals surface area contributed by atoms with E-state index in [0.717, 1.165) is 4.47 Å². The van der Waals surface area contributed by atoms with Crippen LogP contribution in [0.1, 0.15) is 0 Å². The molecule has 0 amide bonds. The van der Waals surface area contributed by atoms with Crippen molar-refractivity contribution in [2.75, 3.05) is 33.4 Å². The van der Waals surface area contributed by atoms with Crippen LogP contribution in [-0.2, 0) is 14.8 Å². The van der Waals surface area contributed by atoms with E-state index in [9.17, 15) is 8.42 Å². The van der Waals surface area contributed by atoms with Crippen LogP contribution in [0, 0.1) is 0 Å². The highest BCUT2D eigenvalue weighted by atomic mass is 79.9. The van der Waals surface area contributed by atoms with Gasteiger partial charge in [-0.1, -0.05) is 22.0 Å². The third-order valence-electron chi connectivity index (χ3n) is 2.18. The maximum absolute atomic E-state index is 11.9. The molecule has 0 saturated carbocycles. The zero-order valence-electron chi connectivity index (χ0n) is 10.1. The van der Waals surface area contributed by atoms with Gasteiger partial charge in [-0.2, -0.15) is 0 Å². The Morgan fingerprint density at radius 1 is 1.28 bits per heavy atom. The van der Waals surface area contributed by atoms with Gasteiger partial charge in [-0.15, -0.1) is 0 Å². The number of hydrogen-bond donors (Lipinski definition) is 2. The van der Waals surface area contributed by atoms with Crippen LogP contribution in [0.5, 0.6) is 0 Å². The molecule has 0 aromatic heterocycles. The van der Waals surface area contributed by atoms with Crippen LogP contribution >= 0.6 is 15.9 Å². The number of ether oxygens (including phenoxy) is 1. The molecule has 1 aromatic rings. The van der Waals surface area contributed by atoms with E-state index in [1.807, 2.05) is 0 Å². The van der Waals surface area contributed by atoms with Crippen LogP contribution < -0.4 is 10.0 Å². The number of rotatable bonds is 8. The molecule has 2 N–H and O–H groups in total. The lowest BCUT2D eigenvalue weighted by Crippen LogP contribution is -2.33. The SMILES string of the molecule is COCCNCCNS(=O)(=O)c1cccc(Br)c1. The first-order chi connectivity index (χ1) is 8.56. The van der Waals surface area contributed by atoms with Crippen molar-refractivity contribution >= 4 is 26.0 Å². The highest BCUT2D eigenvalue weighted by molar-refractivity contribution is 9.10. The summed E-state index contributed by atoms with van der Waals surface area (Å²) < 4.78 is 31.9. The van der Waals surface area contributed by atoms with Crippen molar-refractivity contribution in [3.63, 3.8) is 0 Å². The molecule has 0 aliphatic carbocycles. The van der Waals surface area contributed by atoms with Crippen molar-refractivity contribution in [2.24, 2.45) is 0 Å². The molecule has 0 atom stereocenters. The Morgan fingerprint density at radius 2 is 2.06 bits per heavy atom. The lowest BCUT2D eigenvalue weighted by Gasteiger charge is -2.08. The van der Waals surface area contributed by atoms with Crippen molar-refractivity contribution in [1.82, 2.24) is 10.0 Å². The van der Waals surface area contributed by atoms with E-state index in [0.29, 0.717) is 26.2 Å². The fraction of sp³-hybridized carbons (Fsp3) is 0.455. The van der Waals surface area contributed by atoms with Gasteiger partial charge < -0.3 is 10.1 Å². The molecule has 0 bridgehead atoms. The smallest absolute Gasteiger partial charge is 0.240 e. The summed E-state index contributed by atoms with van der Waals surface area (Å²) in [5.74, 6) is 0. The van der Waals surface area contributed by atoms with Crippen LogP contribution in [0.2, 0.25) is 0 Å². The fourth-order valence-electron chi connectivity index (χ4n) is 1.29. The maximum Gasteiger partial charge on any atom is 0.240 e. The van der Waals surface area contributed by atoms with Gasteiger partial charge in [0.2, 0.25) is 10.0 Å². The zero-order chi connectivity index (χ0) is 13.4. The zero-order valence-corrected chi connectivity index (χ0v) is 12.6. The standard InChI is InChI=1S/C11H17BrN2O3S/c1-17-8-7-13-5-6-14-18(15,16)11-4-2-3-10(12)9-11/h2-4,9,13-14H,5-8H2,1H3. The lowest BCUT2D eigenvalue weighted by atomic mass is 10.4. The van der Waals surface area contributed by atoms with Crippen molar-refractivity contribution in [2.45, 2.75) is 4.90 Å². The molecular formula is C11H17BrN2O3S. The molecule has 0 aliphatic rings. The lowest BCUT2D eigenvalue weighted by molar-refractivity contribution is 0.199. The Kier molecular flexibility index (Phi) is 6.80. The average Bonchev–Trinajstić information content (AvgIpc) is 2.33. The molecule has 0 heterocycles. The van der Waals surface area contributed by atoms with E-state index in [2.05, 4.69) is 26.0 Å². The summed E-state index contributed by atoms with van der Waals surface area (Å²) in [6, 6.07) is 6.60. The van der Waals surface area contributed by atoms with Gasteiger partial charge in [-0.25, -0.2) is 13.1 Å². The van der Waals surface area contributed by atoms with E-state index in [1.165, 1.54) is 0 Å². The molecular weight excluding hydrogens is 320 g/mol. The summed E-state index contributed by atoms with van der Waals surface area (Å²) in [4.78, 5) is 0.258. The van der Waals surface area contributed by atoms with Crippen molar-refractivity contribution in [3.8, 4) is 0 Å². The van der Waals surface area contributed by atoms with Gasteiger partial charge in [-0.3, -0.25) is 0 Å². The third-order valence-corrected chi connectivity index (χ3v) is 4.14. The summed E-state index contributed by atoms with van der Waals surface area (Å²) in [7, 11) is -1.80. The van der Waals surface area contributed by atoms with E-state index >= 15 is 0 Å². The Bertz CT molecular complexity index is 465. The number of nitrogens with one attached hydrogen (secondary N) is 2. The first-order valence-electron chi connectivity index (χ1n) is 5.51. The molecule has 1 aromatic carbocycles. The summed E-state index contributed by atoms with van der Waals surface area (Å²) in [5.41, 5.74) is 0. The average molecular weight is 337 g/mol. The molecule has 0 unspecified atom stereocenters. The van der Waals surface area contributed by atoms with Gasteiger partial charge in [0.05, 0.1) is 11.5 Å². The van der Waals surface area contributed by atoms with Crippen LogP contribution in [0.25, 0.3) is 0 Å². The molecule has 1 rings (SSSR count). The molecule has 0 radical (unpaired) electrons. The van der Waals surface area contributed by atoms with Gasteiger partial charge in [0.25, 0.3) is 0 Å². The predicted octanol–water partition coefficient (Wildman–Crippen LogP) is 0.963. The van der Waals surface area contributed by atoms with Crippen LogP contribution in [0.15, 0.2) is 33.6 Å². The van der Waals surface area contributed by atoms with Gasteiger partial charge >= 0.3 is 0 Å². The second-order valence-electron chi connectivity index (χ2n) is 3.60. The monoisotopic (exact) mass is 336 g/mol. The molecule has 0 aliphatic heterocycles. The second kappa shape index (κ2) is 7.85. The van der Waals surface area contributed by atoms with Crippen molar-refractivity contribution < 1.29 is 13.2 Å². The summed E-state index contributed by atoms with van der Waals surface area (Å²) in [5, 5.41) is 3.06. The maximum atomic E-state index is 11.9. The minimum atomic E-state index is -3.43. The van der Waals surface area contributed by atoms with Gasteiger partial charge in [0.1, 0.15) is 0 Å². The Balaban J connectivity index is 2.41. The first kappa shape index (κ1) is 15.6. The first-order valence-corrected chi connectivity index (χ1v) is 7.79. The fourth-order valence-corrected chi connectivity index (χ4v) is 2.92. The Hall–Kier alpha value is -0.470. The Labute approximate surface area is 116 Å². The highest BCUT2D eigenvalue weighted by Gasteiger charge is 2.12. The molecule has 102 valence electrons. The van der Waals surface area contributed by atoms with Crippen LogP contribution in [0.4, 0.5) is 0 Å². The third kappa shape index (κ3) is 5.45. The quantitative estimate of drug-likeness (QED) is 0.694. The van der Waals surface area contributed by atoms with Gasteiger partial charge in [0.15, 0.2) is 0 Å². The van der Waals surface area contributed by atoms with Crippen molar-refractivity contribution in [3.05, 3.63) is 28.7 Å². The van der Waals surface area contributed by atoms with Gasteiger partial charge in [-0.05, 0) is 18.2 Å². The molecule has 7 heteroatoms. The number of sulfonamides is 1. The van der Waals surface area contributed by atoms with E-state index in [4.69, 9.17) is 4.74 Å². The molecule has 0 fully saturated rings. The normalized spacial score (nSPS) is 11.7. The van der Waals surface area contributed by atoms with E-state index in [1.54, 1.807) is 31.4 Å². The molecule has 5 nitrogen and oxygen atoms in total.